The van der Waals surface area contributed by atoms with Gasteiger partial charge in [0.15, 0.2) is 0 Å². The number of urea groups is 1. The first-order valence-corrected chi connectivity index (χ1v) is 10.7. The molecule has 0 bridgehead atoms. The summed E-state index contributed by atoms with van der Waals surface area (Å²) >= 11 is 1.70. The minimum absolute atomic E-state index is 0.204. The van der Waals surface area contributed by atoms with Crippen molar-refractivity contribution >= 4 is 23.1 Å². The number of nitrogens with zero attached hydrogens (tertiary/aromatic N) is 1. The van der Waals surface area contributed by atoms with Crippen LogP contribution in [0, 0.1) is 0 Å². The van der Waals surface area contributed by atoms with Crippen LogP contribution < -0.4 is 20.1 Å². The second-order valence-electron chi connectivity index (χ2n) is 6.96. The second-order valence-corrected chi connectivity index (χ2v) is 7.74. The van der Waals surface area contributed by atoms with Crippen LogP contribution in [0.4, 0.5) is 10.5 Å². The maximum Gasteiger partial charge on any atom is 0.319 e. The zero-order valence-electron chi connectivity index (χ0n) is 16.6. The number of rotatable bonds is 7. The smallest absolute Gasteiger partial charge is 0.319 e. The number of methoxy groups -OCH3 is 2. The Kier molecular flexibility index (Phi) is 7.56. The summed E-state index contributed by atoms with van der Waals surface area (Å²) in [6.45, 7) is 2.73. The van der Waals surface area contributed by atoms with E-state index in [0.717, 1.165) is 13.1 Å². The predicted molar refractivity (Wildman–Crippen MR) is 114 cm³/mol. The zero-order valence-corrected chi connectivity index (χ0v) is 17.4. The Bertz CT molecular complexity index is 721. The molecule has 0 saturated carbocycles. The molecule has 0 aliphatic carbocycles. The molecule has 6 nitrogen and oxygen atoms in total. The first kappa shape index (κ1) is 20.5. The Morgan fingerprint density at radius 2 is 1.79 bits per heavy atom. The van der Waals surface area contributed by atoms with Gasteiger partial charge >= 0.3 is 6.03 Å². The van der Waals surface area contributed by atoms with Gasteiger partial charge in [0.2, 0.25) is 0 Å². The van der Waals surface area contributed by atoms with Gasteiger partial charge in [0.1, 0.15) is 11.5 Å². The van der Waals surface area contributed by atoms with E-state index in [9.17, 15) is 4.79 Å². The van der Waals surface area contributed by atoms with Crippen molar-refractivity contribution in [1.82, 2.24) is 10.2 Å². The molecule has 0 spiro atoms. The van der Waals surface area contributed by atoms with Crippen LogP contribution in [0.1, 0.15) is 37.3 Å². The molecule has 2 heterocycles. The fraction of sp³-hybridized carbons (Fsp3) is 0.476. The highest BCUT2D eigenvalue weighted by molar-refractivity contribution is 7.07. The zero-order chi connectivity index (χ0) is 19.8. The van der Waals surface area contributed by atoms with Crippen molar-refractivity contribution in [2.24, 2.45) is 0 Å². The number of hydrogen-bond acceptors (Lipinski definition) is 5. The van der Waals surface area contributed by atoms with Crippen LogP contribution in [-0.2, 0) is 0 Å². The van der Waals surface area contributed by atoms with E-state index in [1.54, 1.807) is 43.8 Å². The first-order chi connectivity index (χ1) is 13.7. The molecule has 0 radical (unpaired) electrons. The second kappa shape index (κ2) is 10.3. The lowest BCUT2D eigenvalue weighted by atomic mass is 10.1. The lowest BCUT2D eigenvalue weighted by Crippen LogP contribution is -2.40. The SMILES string of the molecule is COc1cc(NC(=O)NCC(c2ccsc2)N2CCCCCC2)cc(OC)c1. The topological polar surface area (TPSA) is 62.8 Å². The van der Waals surface area contributed by atoms with E-state index in [2.05, 4.69) is 32.4 Å². The van der Waals surface area contributed by atoms with Crippen molar-refractivity contribution in [3.8, 4) is 11.5 Å². The van der Waals surface area contributed by atoms with Crippen LogP contribution in [0.3, 0.4) is 0 Å². The molecule has 3 rings (SSSR count). The van der Waals surface area contributed by atoms with E-state index in [-0.39, 0.29) is 12.1 Å². The van der Waals surface area contributed by atoms with Crippen LogP contribution >= 0.6 is 11.3 Å². The Morgan fingerprint density at radius 3 is 2.36 bits per heavy atom. The van der Waals surface area contributed by atoms with Gasteiger partial charge in [0.25, 0.3) is 0 Å². The van der Waals surface area contributed by atoms with Gasteiger partial charge in [-0.15, -0.1) is 0 Å². The van der Waals surface area contributed by atoms with Gasteiger partial charge in [0, 0.05) is 30.4 Å². The summed E-state index contributed by atoms with van der Waals surface area (Å²) in [7, 11) is 3.18. The van der Waals surface area contributed by atoms with Gasteiger partial charge < -0.3 is 20.1 Å². The third-order valence-corrected chi connectivity index (χ3v) is 5.78. The number of amides is 2. The summed E-state index contributed by atoms with van der Waals surface area (Å²) in [6.07, 6.45) is 5.02. The Labute approximate surface area is 170 Å². The molecule has 152 valence electrons. The van der Waals surface area contributed by atoms with Crippen LogP contribution in [0.2, 0.25) is 0 Å². The maximum atomic E-state index is 12.5. The van der Waals surface area contributed by atoms with E-state index in [1.807, 2.05) is 0 Å². The number of benzene rings is 1. The number of carbonyl (C=O) groups excluding carboxylic acids is 1. The lowest BCUT2D eigenvalue weighted by Gasteiger charge is -2.30. The summed E-state index contributed by atoms with van der Waals surface area (Å²) in [5.41, 5.74) is 1.91. The standard InChI is InChI=1S/C21H29N3O3S/c1-26-18-11-17(12-19(13-18)27-2)23-21(25)22-14-20(16-7-10-28-15-16)24-8-5-3-4-6-9-24/h7,10-13,15,20H,3-6,8-9,14H2,1-2H3,(H2,22,23,25). The number of ether oxygens (including phenoxy) is 2. The molecule has 1 aliphatic heterocycles. The number of nitrogens with one attached hydrogen (secondary N) is 2. The number of hydrogen-bond donors (Lipinski definition) is 2. The summed E-state index contributed by atoms with van der Waals surface area (Å²) in [4.78, 5) is 15.0. The Hall–Kier alpha value is -2.25. The molecule has 1 atom stereocenters. The average Bonchev–Trinajstić information content (AvgIpc) is 3.10. The first-order valence-electron chi connectivity index (χ1n) is 9.73. The van der Waals surface area contributed by atoms with Gasteiger partial charge in [-0.05, 0) is 48.3 Å². The van der Waals surface area contributed by atoms with Crippen LogP contribution in [0.25, 0.3) is 0 Å². The van der Waals surface area contributed by atoms with Crippen LogP contribution in [-0.4, -0.2) is 44.8 Å². The molecule has 1 unspecified atom stereocenters. The number of thiophene rings is 1. The molecule has 1 aliphatic rings. The average molecular weight is 404 g/mol. The number of carbonyl (C=O) groups is 1. The molecule has 1 fully saturated rings. The molecular weight excluding hydrogens is 374 g/mol. The monoisotopic (exact) mass is 403 g/mol. The number of likely N-dealkylation sites (tertiary alicyclic amines) is 1. The van der Waals surface area contributed by atoms with E-state index >= 15 is 0 Å². The highest BCUT2D eigenvalue weighted by atomic mass is 32.1. The van der Waals surface area contributed by atoms with Gasteiger partial charge in [-0.25, -0.2) is 4.79 Å². The minimum atomic E-state index is -0.231. The van der Waals surface area contributed by atoms with E-state index in [4.69, 9.17) is 9.47 Å². The minimum Gasteiger partial charge on any atom is -0.497 e. The van der Waals surface area contributed by atoms with Crippen molar-refractivity contribution in [3.63, 3.8) is 0 Å². The normalized spacial score (nSPS) is 16.1. The van der Waals surface area contributed by atoms with Gasteiger partial charge in [-0.3, -0.25) is 4.90 Å². The fourth-order valence-electron chi connectivity index (χ4n) is 3.57. The molecule has 2 amide bonds. The van der Waals surface area contributed by atoms with Crippen molar-refractivity contribution in [2.45, 2.75) is 31.7 Å². The molecule has 1 aromatic heterocycles. The highest BCUT2D eigenvalue weighted by Crippen LogP contribution is 2.27. The summed E-state index contributed by atoms with van der Waals surface area (Å²) in [6, 6.07) is 7.45. The maximum absolute atomic E-state index is 12.5. The molecule has 2 N–H and O–H groups in total. The summed E-state index contributed by atoms with van der Waals surface area (Å²) < 4.78 is 10.5. The van der Waals surface area contributed by atoms with Gasteiger partial charge in [0.05, 0.1) is 20.3 Å². The molecule has 28 heavy (non-hydrogen) atoms. The van der Waals surface area contributed by atoms with Gasteiger partial charge in [-0.2, -0.15) is 11.3 Å². The fourth-order valence-corrected chi connectivity index (χ4v) is 4.28. The highest BCUT2D eigenvalue weighted by Gasteiger charge is 2.22. The van der Waals surface area contributed by atoms with Crippen LogP contribution in [0.15, 0.2) is 35.0 Å². The largest absolute Gasteiger partial charge is 0.497 e. The molecule has 7 heteroatoms. The van der Waals surface area contributed by atoms with Crippen molar-refractivity contribution in [2.75, 3.05) is 39.2 Å². The third-order valence-electron chi connectivity index (χ3n) is 5.07. The molecular formula is C21H29N3O3S. The van der Waals surface area contributed by atoms with Gasteiger partial charge in [-0.1, -0.05) is 12.8 Å². The molecule has 2 aromatic rings. The van der Waals surface area contributed by atoms with Crippen molar-refractivity contribution < 1.29 is 14.3 Å². The van der Waals surface area contributed by atoms with Crippen LogP contribution in [0.5, 0.6) is 11.5 Å². The Morgan fingerprint density at radius 1 is 1.11 bits per heavy atom. The number of anilines is 1. The third kappa shape index (κ3) is 5.62. The predicted octanol–water partition coefficient (Wildman–Crippen LogP) is 4.50. The van der Waals surface area contributed by atoms with E-state index in [0.29, 0.717) is 23.7 Å². The molecule has 1 aromatic carbocycles. The van der Waals surface area contributed by atoms with Crippen molar-refractivity contribution in [3.05, 3.63) is 40.6 Å². The van der Waals surface area contributed by atoms with Crippen molar-refractivity contribution in [1.29, 1.82) is 0 Å². The lowest BCUT2D eigenvalue weighted by molar-refractivity contribution is 0.199. The summed E-state index contributed by atoms with van der Waals surface area (Å²) in [5, 5.41) is 10.2. The quantitative estimate of drug-likeness (QED) is 0.714. The van der Waals surface area contributed by atoms with E-state index < -0.39 is 0 Å². The Balaban J connectivity index is 1.63. The van der Waals surface area contributed by atoms with E-state index in [1.165, 1.54) is 31.2 Å². The summed E-state index contributed by atoms with van der Waals surface area (Å²) in [5.74, 6) is 1.27. The molecule has 1 saturated heterocycles.